The van der Waals surface area contributed by atoms with E-state index in [1.807, 2.05) is 36.4 Å². The fraction of sp³-hybridized carbons (Fsp3) is 0.391. The second kappa shape index (κ2) is 9.50. The van der Waals surface area contributed by atoms with Crippen molar-refractivity contribution in [3.63, 3.8) is 0 Å². The molecule has 0 spiro atoms. The summed E-state index contributed by atoms with van der Waals surface area (Å²) in [7, 11) is 2.17. The first kappa shape index (κ1) is 20.1. The lowest BCUT2D eigenvalue weighted by Crippen LogP contribution is -2.28. The lowest BCUT2D eigenvalue weighted by Gasteiger charge is -2.20. The Balaban J connectivity index is 1.72. The summed E-state index contributed by atoms with van der Waals surface area (Å²) in [6.07, 6.45) is 1.82. The number of hydrogen-bond donors (Lipinski definition) is 1. The molecule has 0 bridgehead atoms. The molecular weight excluding hydrogens is 350 g/mol. The van der Waals surface area contributed by atoms with Crippen LogP contribution in [-0.2, 0) is 17.8 Å². The van der Waals surface area contributed by atoms with Crippen molar-refractivity contribution in [2.45, 2.75) is 25.8 Å². The van der Waals surface area contributed by atoms with Crippen LogP contribution in [0.5, 0.6) is 0 Å². The van der Waals surface area contributed by atoms with E-state index >= 15 is 0 Å². The molecular formula is C23H27N3O2. The molecule has 1 aliphatic rings. The molecule has 0 amide bonds. The lowest BCUT2D eigenvalue weighted by molar-refractivity contribution is -0.136. The van der Waals surface area contributed by atoms with Gasteiger partial charge < -0.3 is 10.0 Å². The first-order valence-electron chi connectivity index (χ1n) is 9.80. The number of carbonyl (C=O) groups is 1. The number of likely N-dealkylation sites (N-methyl/N-ethyl adjacent to an activating group) is 1. The van der Waals surface area contributed by atoms with Crippen LogP contribution in [0.2, 0.25) is 0 Å². The Morgan fingerprint density at radius 3 is 2.54 bits per heavy atom. The molecule has 1 N–H and O–H groups in total. The van der Waals surface area contributed by atoms with E-state index in [2.05, 4.69) is 29.0 Å². The second-order valence-electron chi connectivity index (χ2n) is 7.52. The highest BCUT2D eigenvalue weighted by Gasteiger charge is 2.13. The number of benzene rings is 2. The van der Waals surface area contributed by atoms with Crippen LogP contribution < -0.4 is 0 Å². The Labute approximate surface area is 166 Å². The Morgan fingerprint density at radius 2 is 1.82 bits per heavy atom. The van der Waals surface area contributed by atoms with Crippen molar-refractivity contribution >= 4 is 5.97 Å². The minimum Gasteiger partial charge on any atom is -0.481 e. The summed E-state index contributed by atoms with van der Waals surface area (Å²) in [4.78, 5) is 15.5. The van der Waals surface area contributed by atoms with E-state index in [1.165, 1.54) is 12.0 Å². The van der Waals surface area contributed by atoms with Crippen molar-refractivity contribution in [3.8, 4) is 17.2 Å². The Hall–Kier alpha value is -2.68. The third kappa shape index (κ3) is 5.41. The molecule has 0 saturated carbocycles. The van der Waals surface area contributed by atoms with Gasteiger partial charge in [0.25, 0.3) is 0 Å². The van der Waals surface area contributed by atoms with Gasteiger partial charge in [0.1, 0.15) is 0 Å². The van der Waals surface area contributed by atoms with Crippen molar-refractivity contribution in [1.29, 1.82) is 5.26 Å². The van der Waals surface area contributed by atoms with Gasteiger partial charge in [0.15, 0.2) is 0 Å². The van der Waals surface area contributed by atoms with E-state index < -0.39 is 5.97 Å². The first-order chi connectivity index (χ1) is 13.5. The maximum Gasteiger partial charge on any atom is 0.303 e. The van der Waals surface area contributed by atoms with Gasteiger partial charge in [-0.2, -0.15) is 5.26 Å². The van der Waals surface area contributed by atoms with Gasteiger partial charge in [0, 0.05) is 26.1 Å². The molecule has 28 heavy (non-hydrogen) atoms. The Bertz CT molecular complexity index is 855. The molecule has 1 heterocycles. The fourth-order valence-electron chi connectivity index (χ4n) is 3.65. The van der Waals surface area contributed by atoms with Gasteiger partial charge in [-0.3, -0.25) is 9.69 Å². The lowest BCUT2D eigenvalue weighted by atomic mass is 9.96. The van der Waals surface area contributed by atoms with Crippen molar-refractivity contribution in [1.82, 2.24) is 9.80 Å². The van der Waals surface area contributed by atoms with Crippen molar-refractivity contribution in [3.05, 3.63) is 59.2 Å². The van der Waals surface area contributed by atoms with Crippen molar-refractivity contribution in [2.24, 2.45) is 0 Å². The quantitative estimate of drug-likeness (QED) is 0.836. The van der Waals surface area contributed by atoms with Crippen LogP contribution in [0.3, 0.4) is 0 Å². The molecule has 5 heteroatoms. The minimum absolute atomic E-state index is 0.129. The standard InChI is InChI=1S/C23H27N3O2/c1-25-11-2-12-26(14-13-25)17-19-5-9-22(21(15-19)16-24)20-7-3-18(4-8-20)6-10-23(27)28/h3-5,7-9,15H,2,6,10-14,17H2,1H3,(H,27,28). The summed E-state index contributed by atoms with van der Waals surface area (Å²) >= 11 is 0. The molecule has 0 radical (unpaired) electrons. The van der Waals surface area contributed by atoms with Gasteiger partial charge in [0.05, 0.1) is 11.6 Å². The highest BCUT2D eigenvalue weighted by molar-refractivity contribution is 5.71. The van der Waals surface area contributed by atoms with Crippen LogP contribution in [0, 0.1) is 11.3 Å². The Kier molecular flexibility index (Phi) is 6.80. The monoisotopic (exact) mass is 377 g/mol. The highest BCUT2D eigenvalue weighted by Crippen LogP contribution is 2.26. The van der Waals surface area contributed by atoms with E-state index in [1.54, 1.807) is 0 Å². The van der Waals surface area contributed by atoms with E-state index in [0.717, 1.165) is 49.4 Å². The second-order valence-corrected chi connectivity index (χ2v) is 7.52. The van der Waals surface area contributed by atoms with Gasteiger partial charge in [0.2, 0.25) is 0 Å². The molecule has 0 aromatic heterocycles. The van der Waals surface area contributed by atoms with Gasteiger partial charge in [-0.25, -0.2) is 0 Å². The summed E-state index contributed by atoms with van der Waals surface area (Å²) < 4.78 is 0. The number of aliphatic carboxylic acids is 1. The molecule has 1 aliphatic heterocycles. The maximum atomic E-state index is 10.7. The molecule has 3 rings (SSSR count). The topological polar surface area (TPSA) is 67.6 Å². The summed E-state index contributed by atoms with van der Waals surface area (Å²) in [6, 6.07) is 16.3. The van der Waals surface area contributed by atoms with Crippen LogP contribution in [0.4, 0.5) is 0 Å². The fourth-order valence-corrected chi connectivity index (χ4v) is 3.65. The number of rotatable bonds is 6. The van der Waals surface area contributed by atoms with E-state index in [-0.39, 0.29) is 6.42 Å². The van der Waals surface area contributed by atoms with Crippen molar-refractivity contribution < 1.29 is 9.90 Å². The summed E-state index contributed by atoms with van der Waals surface area (Å²) in [6.45, 7) is 5.24. The summed E-state index contributed by atoms with van der Waals surface area (Å²) in [5, 5.41) is 18.5. The molecule has 1 saturated heterocycles. The van der Waals surface area contributed by atoms with Crippen LogP contribution in [0.25, 0.3) is 11.1 Å². The molecule has 2 aromatic rings. The van der Waals surface area contributed by atoms with Gasteiger partial charge in [-0.15, -0.1) is 0 Å². The third-order valence-corrected chi connectivity index (χ3v) is 5.32. The van der Waals surface area contributed by atoms with E-state index in [0.29, 0.717) is 12.0 Å². The zero-order valence-electron chi connectivity index (χ0n) is 16.4. The van der Waals surface area contributed by atoms with Crippen molar-refractivity contribution in [2.75, 3.05) is 33.2 Å². The smallest absolute Gasteiger partial charge is 0.303 e. The minimum atomic E-state index is -0.789. The van der Waals surface area contributed by atoms with Crippen LogP contribution >= 0.6 is 0 Å². The van der Waals surface area contributed by atoms with Gasteiger partial charge in [-0.1, -0.05) is 36.4 Å². The number of aryl methyl sites for hydroxylation is 1. The normalized spacial score (nSPS) is 15.7. The SMILES string of the molecule is CN1CCCN(Cc2ccc(-c3ccc(CCC(=O)O)cc3)c(C#N)c2)CC1. The zero-order valence-corrected chi connectivity index (χ0v) is 16.4. The number of carboxylic acid groups (broad SMARTS) is 1. The average molecular weight is 377 g/mol. The van der Waals surface area contributed by atoms with Crippen LogP contribution in [-0.4, -0.2) is 54.1 Å². The molecule has 2 aromatic carbocycles. The first-order valence-corrected chi connectivity index (χ1v) is 9.80. The number of hydrogen-bond acceptors (Lipinski definition) is 4. The number of carboxylic acids is 1. The molecule has 0 unspecified atom stereocenters. The molecule has 0 atom stereocenters. The largest absolute Gasteiger partial charge is 0.481 e. The van der Waals surface area contributed by atoms with Gasteiger partial charge in [-0.05, 0) is 61.3 Å². The van der Waals surface area contributed by atoms with Crippen LogP contribution in [0.15, 0.2) is 42.5 Å². The maximum absolute atomic E-state index is 10.7. The van der Waals surface area contributed by atoms with Crippen LogP contribution in [0.1, 0.15) is 29.5 Å². The number of nitrogens with zero attached hydrogens (tertiary/aromatic N) is 3. The molecule has 5 nitrogen and oxygen atoms in total. The predicted molar refractivity (Wildman–Crippen MR) is 110 cm³/mol. The number of nitriles is 1. The summed E-state index contributed by atoms with van der Waals surface area (Å²) in [5.41, 5.74) is 4.75. The predicted octanol–water partition coefficient (Wildman–Crippen LogP) is 3.38. The highest BCUT2D eigenvalue weighted by atomic mass is 16.4. The molecule has 146 valence electrons. The average Bonchev–Trinajstić information content (AvgIpc) is 2.91. The summed E-state index contributed by atoms with van der Waals surface area (Å²) in [5.74, 6) is -0.789. The Morgan fingerprint density at radius 1 is 1.07 bits per heavy atom. The van der Waals surface area contributed by atoms with E-state index in [4.69, 9.17) is 5.11 Å². The molecule has 0 aliphatic carbocycles. The molecule has 1 fully saturated rings. The van der Waals surface area contributed by atoms with E-state index in [9.17, 15) is 10.1 Å². The zero-order chi connectivity index (χ0) is 19.9. The third-order valence-electron chi connectivity index (χ3n) is 5.32. The van der Waals surface area contributed by atoms with Gasteiger partial charge >= 0.3 is 5.97 Å².